The normalized spacial score (nSPS) is 21.6. The molecule has 142 valence electrons. The summed E-state index contributed by atoms with van der Waals surface area (Å²) in [4.78, 5) is 26.5. The van der Waals surface area contributed by atoms with Crippen LogP contribution >= 0.6 is 0 Å². The number of rotatable bonds is 4. The Hall–Kier alpha value is -2.63. The summed E-state index contributed by atoms with van der Waals surface area (Å²) >= 11 is 0. The van der Waals surface area contributed by atoms with Crippen LogP contribution in [0.1, 0.15) is 19.4 Å². The SMILES string of the molecule is CC(C)CNC(=O)[C@@H]1Cc2ccccc2N2CCN(c3ncccn3)C[C@H]12. The fourth-order valence-corrected chi connectivity index (χ4v) is 4.13. The highest BCUT2D eigenvalue weighted by Gasteiger charge is 2.41. The highest BCUT2D eigenvalue weighted by Crippen LogP contribution is 2.36. The molecule has 1 aromatic heterocycles. The molecule has 2 aliphatic heterocycles. The lowest BCUT2D eigenvalue weighted by atomic mass is 9.83. The molecule has 1 fully saturated rings. The highest BCUT2D eigenvalue weighted by atomic mass is 16.1. The van der Waals surface area contributed by atoms with E-state index in [2.05, 4.69) is 63.2 Å². The largest absolute Gasteiger partial charge is 0.364 e. The number of amides is 1. The number of fused-ring (bicyclic) bond motifs is 3. The molecule has 0 radical (unpaired) electrons. The Kier molecular flexibility index (Phi) is 4.97. The lowest BCUT2D eigenvalue weighted by molar-refractivity contribution is -0.126. The second-order valence-corrected chi connectivity index (χ2v) is 7.83. The first-order chi connectivity index (χ1) is 13.1. The molecule has 1 saturated heterocycles. The minimum absolute atomic E-state index is 0.0647. The Bertz CT molecular complexity index is 794. The molecule has 1 amide bonds. The van der Waals surface area contributed by atoms with Crippen LogP contribution in [0.5, 0.6) is 0 Å². The van der Waals surface area contributed by atoms with Gasteiger partial charge in [0, 0.05) is 44.3 Å². The fourth-order valence-electron chi connectivity index (χ4n) is 4.13. The second kappa shape index (κ2) is 7.55. The molecule has 3 heterocycles. The summed E-state index contributed by atoms with van der Waals surface area (Å²) in [6.07, 6.45) is 4.33. The van der Waals surface area contributed by atoms with Gasteiger partial charge in [-0.15, -0.1) is 0 Å². The zero-order chi connectivity index (χ0) is 18.8. The van der Waals surface area contributed by atoms with E-state index in [1.807, 2.05) is 6.07 Å². The van der Waals surface area contributed by atoms with Crippen molar-refractivity contribution < 1.29 is 4.79 Å². The van der Waals surface area contributed by atoms with Crippen LogP contribution in [0.15, 0.2) is 42.7 Å². The van der Waals surface area contributed by atoms with E-state index >= 15 is 0 Å². The molecule has 2 aromatic rings. The molecule has 1 aromatic carbocycles. The van der Waals surface area contributed by atoms with Crippen molar-refractivity contribution in [2.45, 2.75) is 26.3 Å². The number of carbonyl (C=O) groups is 1. The molecule has 0 aliphatic carbocycles. The smallest absolute Gasteiger partial charge is 0.225 e. The van der Waals surface area contributed by atoms with Crippen molar-refractivity contribution in [2.75, 3.05) is 36.0 Å². The Labute approximate surface area is 160 Å². The number of nitrogens with one attached hydrogen (secondary N) is 1. The summed E-state index contributed by atoms with van der Waals surface area (Å²) in [7, 11) is 0. The van der Waals surface area contributed by atoms with Gasteiger partial charge in [0.15, 0.2) is 0 Å². The van der Waals surface area contributed by atoms with Crippen LogP contribution in [0.3, 0.4) is 0 Å². The van der Waals surface area contributed by atoms with Gasteiger partial charge in [0.2, 0.25) is 11.9 Å². The maximum Gasteiger partial charge on any atom is 0.225 e. The molecular weight excluding hydrogens is 338 g/mol. The quantitative estimate of drug-likeness (QED) is 0.899. The topological polar surface area (TPSA) is 61.4 Å². The van der Waals surface area contributed by atoms with Gasteiger partial charge in [-0.3, -0.25) is 4.79 Å². The Balaban J connectivity index is 1.61. The van der Waals surface area contributed by atoms with E-state index in [0.717, 1.165) is 38.5 Å². The minimum atomic E-state index is -0.0647. The lowest BCUT2D eigenvalue weighted by Gasteiger charge is -2.49. The standard InChI is InChI=1S/C21H27N5O/c1-15(2)13-24-20(27)17-12-16-6-3-4-7-18(16)26-11-10-25(14-19(17)26)21-22-8-5-9-23-21/h3-9,15,17,19H,10-14H2,1-2H3,(H,24,27)/t17-,19-/m1/s1. The van der Waals surface area contributed by atoms with Crippen molar-refractivity contribution >= 4 is 17.5 Å². The van der Waals surface area contributed by atoms with Gasteiger partial charge in [0.05, 0.1) is 12.0 Å². The Morgan fingerprint density at radius 2 is 1.96 bits per heavy atom. The minimum Gasteiger partial charge on any atom is -0.364 e. The first kappa shape index (κ1) is 17.8. The van der Waals surface area contributed by atoms with Gasteiger partial charge in [0.25, 0.3) is 0 Å². The molecule has 6 nitrogen and oxygen atoms in total. The number of nitrogens with zero attached hydrogens (tertiary/aromatic N) is 4. The van der Waals surface area contributed by atoms with Crippen molar-refractivity contribution in [1.29, 1.82) is 0 Å². The predicted octanol–water partition coefficient (Wildman–Crippen LogP) is 2.12. The van der Waals surface area contributed by atoms with Crippen LogP contribution in [-0.4, -0.2) is 48.1 Å². The van der Waals surface area contributed by atoms with E-state index in [1.54, 1.807) is 12.4 Å². The van der Waals surface area contributed by atoms with Crippen LogP contribution < -0.4 is 15.1 Å². The van der Waals surface area contributed by atoms with Crippen LogP contribution in [0.25, 0.3) is 0 Å². The number of hydrogen-bond donors (Lipinski definition) is 1. The first-order valence-electron chi connectivity index (χ1n) is 9.77. The van der Waals surface area contributed by atoms with Gasteiger partial charge in [-0.1, -0.05) is 32.0 Å². The summed E-state index contributed by atoms with van der Waals surface area (Å²) in [5.41, 5.74) is 2.53. The molecule has 0 spiro atoms. The molecule has 1 N–H and O–H groups in total. The highest BCUT2D eigenvalue weighted by molar-refractivity contribution is 5.82. The van der Waals surface area contributed by atoms with Gasteiger partial charge in [-0.05, 0) is 30.0 Å². The number of para-hydroxylation sites is 1. The third kappa shape index (κ3) is 3.61. The van der Waals surface area contributed by atoms with E-state index in [9.17, 15) is 4.79 Å². The van der Waals surface area contributed by atoms with Gasteiger partial charge in [-0.2, -0.15) is 0 Å². The third-order valence-corrected chi connectivity index (χ3v) is 5.48. The molecule has 0 saturated carbocycles. The molecule has 27 heavy (non-hydrogen) atoms. The van der Waals surface area contributed by atoms with Crippen LogP contribution in [0.2, 0.25) is 0 Å². The average molecular weight is 365 g/mol. The molecule has 4 rings (SSSR count). The van der Waals surface area contributed by atoms with Gasteiger partial charge in [-0.25, -0.2) is 9.97 Å². The molecular formula is C21H27N5O. The van der Waals surface area contributed by atoms with Crippen molar-refractivity contribution in [3.05, 3.63) is 48.3 Å². The summed E-state index contributed by atoms with van der Waals surface area (Å²) in [6, 6.07) is 10.4. The number of benzene rings is 1. The fraction of sp³-hybridized carbons (Fsp3) is 0.476. The van der Waals surface area contributed by atoms with Crippen LogP contribution in [0, 0.1) is 11.8 Å². The number of hydrogen-bond acceptors (Lipinski definition) is 5. The van der Waals surface area contributed by atoms with E-state index in [0.29, 0.717) is 5.92 Å². The summed E-state index contributed by atoms with van der Waals surface area (Å²) in [5.74, 6) is 1.29. The first-order valence-corrected chi connectivity index (χ1v) is 9.77. The summed E-state index contributed by atoms with van der Waals surface area (Å²) in [5, 5.41) is 3.15. The summed E-state index contributed by atoms with van der Waals surface area (Å²) < 4.78 is 0. The number of aromatic nitrogens is 2. The second-order valence-electron chi connectivity index (χ2n) is 7.83. The van der Waals surface area contributed by atoms with E-state index in [1.165, 1.54) is 11.3 Å². The predicted molar refractivity (Wildman–Crippen MR) is 107 cm³/mol. The van der Waals surface area contributed by atoms with Gasteiger partial charge in [0.1, 0.15) is 0 Å². The number of carbonyl (C=O) groups excluding carboxylic acids is 1. The van der Waals surface area contributed by atoms with Crippen molar-refractivity contribution in [1.82, 2.24) is 15.3 Å². The number of piperazine rings is 1. The Morgan fingerprint density at radius 1 is 1.19 bits per heavy atom. The van der Waals surface area contributed by atoms with E-state index in [-0.39, 0.29) is 17.9 Å². The molecule has 0 unspecified atom stereocenters. The zero-order valence-electron chi connectivity index (χ0n) is 16.0. The molecule has 2 aliphatic rings. The maximum absolute atomic E-state index is 13.0. The maximum atomic E-state index is 13.0. The van der Waals surface area contributed by atoms with Gasteiger partial charge >= 0.3 is 0 Å². The van der Waals surface area contributed by atoms with Crippen molar-refractivity contribution in [3.8, 4) is 0 Å². The van der Waals surface area contributed by atoms with Gasteiger partial charge < -0.3 is 15.1 Å². The molecule has 6 heteroatoms. The lowest BCUT2D eigenvalue weighted by Crippen LogP contribution is -2.61. The van der Waals surface area contributed by atoms with E-state index in [4.69, 9.17) is 0 Å². The Morgan fingerprint density at radius 3 is 2.74 bits per heavy atom. The van der Waals surface area contributed by atoms with Crippen molar-refractivity contribution in [2.24, 2.45) is 11.8 Å². The summed E-state index contributed by atoms with van der Waals surface area (Å²) in [6.45, 7) is 7.45. The monoisotopic (exact) mass is 365 g/mol. The molecule has 0 bridgehead atoms. The zero-order valence-corrected chi connectivity index (χ0v) is 16.0. The third-order valence-electron chi connectivity index (χ3n) is 5.48. The number of anilines is 2. The van der Waals surface area contributed by atoms with Crippen molar-refractivity contribution in [3.63, 3.8) is 0 Å². The van der Waals surface area contributed by atoms with Crippen LogP contribution in [-0.2, 0) is 11.2 Å². The van der Waals surface area contributed by atoms with Crippen LogP contribution in [0.4, 0.5) is 11.6 Å². The average Bonchev–Trinajstić information content (AvgIpc) is 2.71. The van der Waals surface area contributed by atoms with E-state index < -0.39 is 0 Å². The molecule has 2 atom stereocenters.